The molecule has 2 aliphatic heterocycles. The van der Waals surface area contributed by atoms with Crippen molar-refractivity contribution in [3.63, 3.8) is 0 Å². The summed E-state index contributed by atoms with van der Waals surface area (Å²) in [6.45, 7) is 7.05. The number of piperazine rings is 1. The van der Waals surface area contributed by atoms with Gasteiger partial charge in [0.15, 0.2) is 0 Å². The fraction of sp³-hybridized carbons (Fsp3) is 0.524. The summed E-state index contributed by atoms with van der Waals surface area (Å²) < 4.78 is 7.28. The smallest absolute Gasteiger partial charge is 0.257 e. The summed E-state index contributed by atoms with van der Waals surface area (Å²) in [5.41, 5.74) is 1.84. The molecule has 0 bridgehead atoms. The minimum atomic E-state index is -0.125. The third-order valence-corrected chi connectivity index (χ3v) is 5.76. The van der Waals surface area contributed by atoms with E-state index in [0.29, 0.717) is 17.6 Å². The second-order valence-corrected chi connectivity index (χ2v) is 7.67. The number of nitrogens with one attached hydrogen (secondary N) is 1. The SMILES string of the molecule is Cn1ccnc1NC(=O)c1cccc(CN2CCN(C3CCOCC3)CC2)c1. The molecular formula is C21H29N5O2. The van der Waals surface area contributed by atoms with Gasteiger partial charge in [0.25, 0.3) is 5.91 Å². The summed E-state index contributed by atoms with van der Waals surface area (Å²) in [5, 5.41) is 2.86. The lowest BCUT2D eigenvalue weighted by Gasteiger charge is -2.40. The van der Waals surface area contributed by atoms with Crippen LogP contribution in [0, 0.1) is 0 Å². The minimum Gasteiger partial charge on any atom is -0.381 e. The Hall–Kier alpha value is -2.22. The molecule has 2 saturated heterocycles. The van der Waals surface area contributed by atoms with Crippen molar-refractivity contribution in [3.05, 3.63) is 47.8 Å². The number of benzene rings is 1. The Morgan fingerprint density at radius 1 is 1.21 bits per heavy atom. The van der Waals surface area contributed by atoms with Gasteiger partial charge >= 0.3 is 0 Å². The highest BCUT2D eigenvalue weighted by atomic mass is 16.5. The summed E-state index contributed by atoms with van der Waals surface area (Å²) in [6.07, 6.45) is 5.80. The van der Waals surface area contributed by atoms with Crippen LogP contribution in [0.25, 0.3) is 0 Å². The number of ether oxygens (including phenoxy) is 1. The molecule has 2 aliphatic rings. The second-order valence-electron chi connectivity index (χ2n) is 7.67. The Kier molecular flexibility index (Phi) is 6.04. The second kappa shape index (κ2) is 8.86. The molecule has 1 N–H and O–H groups in total. The summed E-state index contributed by atoms with van der Waals surface area (Å²) in [5.74, 6) is 0.431. The van der Waals surface area contributed by atoms with E-state index >= 15 is 0 Å². The number of hydrogen-bond donors (Lipinski definition) is 1. The Balaban J connectivity index is 1.31. The van der Waals surface area contributed by atoms with E-state index < -0.39 is 0 Å². The Labute approximate surface area is 166 Å². The molecule has 1 aromatic carbocycles. The van der Waals surface area contributed by atoms with E-state index in [9.17, 15) is 4.79 Å². The molecular weight excluding hydrogens is 354 g/mol. The van der Waals surface area contributed by atoms with Gasteiger partial charge in [0.1, 0.15) is 0 Å². The fourth-order valence-electron chi connectivity index (χ4n) is 4.07. The van der Waals surface area contributed by atoms with Crippen LogP contribution in [0.15, 0.2) is 36.7 Å². The highest BCUT2D eigenvalue weighted by Gasteiger charge is 2.25. The number of carbonyl (C=O) groups is 1. The molecule has 4 rings (SSSR count). The Bertz CT molecular complexity index is 792. The van der Waals surface area contributed by atoms with Crippen molar-refractivity contribution in [2.75, 3.05) is 44.7 Å². The fourth-order valence-corrected chi connectivity index (χ4v) is 4.07. The maximum absolute atomic E-state index is 12.5. The maximum Gasteiger partial charge on any atom is 0.257 e. The van der Waals surface area contributed by atoms with Crippen LogP contribution in [0.5, 0.6) is 0 Å². The molecule has 28 heavy (non-hydrogen) atoms. The average molecular weight is 383 g/mol. The molecule has 2 aromatic rings. The first kappa shape index (κ1) is 19.1. The number of carbonyl (C=O) groups excluding carboxylic acids is 1. The van der Waals surface area contributed by atoms with Gasteiger partial charge in [-0.15, -0.1) is 0 Å². The van der Waals surface area contributed by atoms with E-state index in [0.717, 1.165) is 58.8 Å². The maximum atomic E-state index is 12.5. The summed E-state index contributed by atoms with van der Waals surface area (Å²) in [7, 11) is 1.86. The molecule has 3 heterocycles. The van der Waals surface area contributed by atoms with Gasteiger partial charge in [-0.2, -0.15) is 0 Å². The molecule has 0 aliphatic carbocycles. The van der Waals surface area contributed by atoms with Crippen molar-refractivity contribution < 1.29 is 9.53 Å². The van der Waals surface area contributed by atoms with Crippen molar-refractivity contribution in [1.29, 1.82) is 0 Å². The molecule has 1 amide bonds. The molecule has 7 heteroatoms. The van der Waals surface area contributed by atoms with E-state index in [1.807, 2.05) is 31.4 Å². The summed E-state index contributed by atoms with van der Waals surface area (Å²) in [6, 6.07) is 8.59. The van der Waals surface area contributed by atoms with Crippen LogP contribution >= 0.6 is 0 Å². The standard InChI is InChI=1S/C21H29N5O2/c1-24-8-7-22-21(24)23-20(27)18-4-2-3-17(15-18)16-25-9-11-26(12-10-25)19-5-13-28-14-6-19/h2-4,7-8,15,19H,5-6,9-14,16H2,1H3,(H,22,23,27). The van der Waals surface area contributed by atoms with E-state index in [1.165, 1.54) is 5.56 Å². The Morgan fingerprint density at radius 2 is 2.00 bits per heavy atom. The van der Waals surface area contributed by atoms with Gasteiger partial charge in [-0.25, -0.2) is 4.98 Å². The number of nitrogens with zero attached hydrogens (tertiary/aromatic N) is 4. The van der Waals surface area contributed by atoms with Gasteiger partial charge in [0.05, 0.1) is 0 Å². The predicted molar refractivity (Wildman–Crippen MR) is 108 cm³/mol. The van der Waals surface area contributed by atoms with Crippen LogP contribution in [-0.2, 0) is 18.3 Å². The first-order chi connectivity index (χ1) is 13.7. The summed E-state index contributed by atoms with van der Waals surface area (Å²) >= 11 is 0. The van der Waals surface area contributed by atoms with Crippen molar-refractivity contribution in [3.8, 4) is 0 Å². The zero-order valence-corrected chi connectivity index (χ0v) is 16.5. The molecule has 1 aromatic heterocycles. The van der Waals surface area contributed by atoms with Crippen molar-refractivity contribution in [2.45, 2.75) is 25.4 Å². The first-order valence-corrected chi connectivity index (χ1v) is 10.1. The number of hydrogen-bond acceptors (Lipinski definition) is 5. The topological polar surface area (TPSA) is 62.6 Å². The number of rotatable bonds is 5. The third kappa shape index (κ3) is 4.60. The monoisotopic (exact) mass is 383 g/mol. The zero-order chi connectivity index (χ0) is 19.3. The highest BCUT2D eigenvalue weighted by molar-refractivity contribution is 6.03. The summed E-state index contributed by atoms with van der Waals surface area (Å²) in [4.78, 5) is 21.8. The molecule has 0 radical (unpaired) electrons. The van der Waals surface area contributed by atoms with Crippen LogP contribution < -0.4 is 5.32 Å². The van der Waals surface area contributed by atoms with Crippen LogP contribution in [0.2, 0.25) is 0 Å². The number of amides is 1. The lowest BCUT2D eigenvalue weighted by molar-refractivity contribution is 0.0126. The largest absolute Gasteiger partial charge is 0.381 e. The molecule has 7 nitrogen and oxygen atoms in total. The third-order valence-electron chi connectivity index (χ3n) is 5.76. The van der Waals surface area contributed by atoms with Gasteiger partial charge in [-0.05, 0) is 30.5 Å². The molecule has 2 fully saturated rings. The number of aryl methyl sites for hydroxylation is 1. The highest BCUT2D eigenvalue weighted by Crippen LogP contribution is 2.18. The van der Waals surface area contributed by atoms with Gasteiger partial charge in [-0.3, -0.25) is 19.9 Å². The van der Waals surface area contributed by atoms with Gasteiger partial charge in [0.2, 0.25) is 5.95 Å². The van der Waals surface area contributed by atoms with Gasteiger partial charge < -0.3 is 9.30 Å². The van der Waals surface area contributed by atoms with E-state index in [-0.39, 0.29) is 5.91 Å². The number of aromatic nitrogens is 2. The van der Waals surface area contributed by atoms with Crippen LogP contribution in [0.1, 0.15) is 28.8 Å². The zero-order valence-electron chi connectivity index (χ0n) is 16.5. The lowest BCUT2D eigenvalue weighted by atomic mass is 10.1. The minimum absolute atomic E-state index is 0.125. The van der Waals surface area contributed by atoms with E-state index in [2.05, 4.69) is 26.2 Å². The van der Waals surface area contributed by atoms with Gasteiger partial charge in [-0.1, -0.05) is 12.1 Å². The number of anilines is 1. The van der Waals surface area contributed by atoms with Crippen molar-refractivity contribution in [1.82, 2.24) is 19.4 Å². The number of imidazole rings is 1. The lowest BCUT2D eigenvalue weighted by Crippen LogP contribution is -2.51. The first-order valence-electron chi connectivity index (χ1n) is 10.1. The van der Waals surface area contributed by atoms with Crippen molar-refractivity contribution in [2.24, 2.45) is 7.05 Å². The van der Waals surface area contributed by atoms with Gasteiger partial charge in [0, 0.05) is 77.0 Å². The molecule has 0 spiro atoms. The molecule has 0 unspecified atom stereocenters. The van der Waals surface area contributed by atoms with E-state index in [1.54, 1.807) is 10.8 Å². The average Bonchev–Trinajstić information content (AvgIpc) is 3.14. The van der Waals surface area contributed by atoms with E-state index in [4.69, 9.17) is 4.74 Å². The molecule has 0 saturated carbocycles. The van der Waals surface area contributed by atoms with Crippen LogP contribution in [-0.4, -0.2) is 70.7 Å². The van der Waals surface area contributed by atoms with Crippen LogP contribution in [0.4, 0.5) is 5.95 Å². The molecule has 150 valence electrons. The Morgan fingerprint density at radius 3 is 2.71 bits per heavy atom. The normalized spacial score (nSPS) is 19.6. The predicted octanol–water partition coefficient (Wildman–Crippen LogP) is 1.97. The van der Waals surface area contributed by atoms with Crippen LogP contribution in [0.3, 0.4) is 0 Å². The molecule has 0 atom stereocenters. The van der Waals surface area contributed by atoms with Crippen molar-refractivity contribution >= 4 is 11.9 Å². The quantitative estimate of drug-likeness (QED) is 0.855.